The van der Waals surface area contributed by atoms with Crippen LogP contribution in [0.1, 0.15) is 5.56 Å². The molecule has 0 radical (unpaired) electrons. The van der Waals surface area contributed by atoms with Crippen LogP contribution >= 0.6 is 0 Å². The molecule has 0 unspecified atom stereocenters. The maximum absolute atomic E-state index is 13.3. The number of aryl methyl sites for hydroxylation is 1. The van der Waals surface area contributed by atoms with Crippen LogP contribution in [-0.4, -0.2) is 40.1 Å². The van der Waals surface area contributed by atoms with Crippen molar-refractivity contribution < 1.29 is 27.6 Å². The molecule has 0 aliphatic rings. The lowest BCUT2D eigenvalue weighted by Crippen LogP contribution is -2.37. The summed E-state index contributed by atoms with van der Waals surface area (Å²) < 4.78 is 37.2. The Balaban J connectivity index is 2.69. The summed E-state index contributed by atoms with van der Waals surface area (Å²) in [5, 5.41) is 11.1. The van der Waals surface area contributed by atoms with Crippen molar-refractivity contribution >= 4 is 27.4 Å². The van der Waals surface area contributed by atoms with Crippen LogP contribution in [0.15, 0.2) is 47.4 Å². The normalized spacial score (nSPS) is 10.9. The van der Waals surface area contributed by atoms with E-state index in [9.17, 15) is 23.3 Å². The number of nitro groups is 1. The van der Waals surface area contributed by atoms with Gasteiger partial charge in [-0.15, -0.1) is 0 Å². The third-order valence-corrected chi connectivity index (χ3v) is 5.71. The van der Waals surface area contributed by atoms with E-state index in [1.165, 1.54) is 38.3 Å². The molecule has 0 saturated carbocycles. The molecule has 0 aliphatic carbocycles. The molecule has 0 saturated heterocycles. The molecule has 9 nitrogen and oxygen atoms in total. The number of benzene rings is 2. The zero-order valence-electron chi connectivity index (χ0n) is 14.9. The summed E-state index contributed by atoms with van der Waals surface area (Å²) in [6.07, 6.45) is 0. The minimum Gasteiger partial charge on any atom is -0.495 e. The van der Waals surface area contributed by atoms with Crippen LogP contribution in [0.25, 0.3) is 0 Å². The van der Waals surface area contributed by atoms with Crippen molar-refractivity contribution in [1.82, 2.24) is 0 Å². The number of methoxy groups -OCH3 is 2. The molecule has 27 heavy (non-hydrogen) atoms. The third-order valence-electron chi connectivity index (χ3n) is 3.80. The average molecular weight is 394 g/mol. The smallest absolute Gasteiger partial charge is 0.326 e. The third kappa shape index (κ3) is 4.17. The van der Waals surface area contributed by atoms with Gasteiger partial charge in [0.2, 0.25) is 0 Å². The van der Waals surface area contributed by atoms with Gasteiger partial charge >= 0.3 is 5.97 Å². The van der Waals surface area contributed by atoms with Crippen molar-refractivity contribution in [3.63, 3.8) is 0 Å². The second-order valence-electron chi connectivity index (χ2n) is 5.47. The minimum atomic E-state index is -4.33. The molecule has 0 aromatic heterocycles. The van der Waals surface area contributed by atoms with E-state index >= 15 is 0 Å². The van der Waals surface area contributed by atoms with Gasteiger partial charge in [0.15, 0.2) is 0 Å². The number of non-ortho nitro benzene ring substituents is 1. The zero-order valence-corrected chi connectivity index (χ0v) is 15.7. The highest BCUT2D eigenvalue weighted by molar-refractivity contribution is 7.93. The number of nitrogens with zero attached hydrogens (tertiary/aromatic N) is 2. The first-order valence-corrected chi connectivity index (χ1v) is 9.14. The van der Waals surface area contributed by atoms with E-state index in [1.807, 2.05) is 0 Å². The fourth-order valence-corrected chi connectivity index (χ4v) is 4.08. The van der Waals surface area contributed by atoms with E-state index in [-0.39, 0.29) is 22.0 Å². The quantitative estimate of drug-likeness (QED) is 0.402. The van der Waals surface area contributed by atoms with E-state index in [0.29, 0.717) is 5.56 Å². The number of rotatable bonds is 7. The second kappa shape index (κ2) is 8.04. The predicted molar refractivity (Wildman–Crippen MR) is 97.4 cm³/mol. The molecule has 144 valence electrons. The van der Waals surface area contributed by atoms with Gasteiger partial charge in [-0.1, -0.05) is 18.2 Å². The molecule has 0 bridgehead atoms. The van der Waals surface area contributed by atoms with Crippen LogP contribution in [0, 0.1) is 17.0 Å². The van der Waals surface area contributed by atoms with E-state index < -0.39 is 27.5 Å². The zero-order chi connectivity index (χ0) is 20.2. The van der Waals surface area contributed by atoms with Gasteiger partial charge in [-0.3, -0.25) is 19.2 Å². The van der Waals surface area contributed by atoms with Crippen molar-refractivity contribution in [3.8, 4) is 5.75 Å². The van der Waals surface area contributed by atoms with Gasteiger partial charge < -0.3 is 9.47 Å². The summed E-state index contributed by atoms with van der Waals surface area (Å²) >= 11 is 0. The lowest BCUT2D eigenvalue weighted by Gasteiger charge is -2.25. The van der Waals surface area contributed by atoms with Gasteiger partial charge in [0.1, 0.15) is 12.3 Å². The fourth-order valence-electron chi connectivity index (χ4n) is 2.42. The number of para-hydroxylation sites is 2. The number of ether oxygens (including phenoxy) is 2. The average Bonchev–Trinajstić information content (AvgIpc) is 2.65. The highest BCUT2D eigenvalue weighted by Gasteiger charge is 2.32. The number of hydrogen-bond donors (Lipinski definition) is 0. The van der Waals surface area contributed by atoms with Crippen LogP contribution in [-0.2, 0) is 19.6 Å². The summed E-state index contributed by atoms with van der Waals surface area (Å²) in [7, 11) is -1.84. The van der Waals surface area contributed by atoms with Gasteiger partial charge in [0.25, 0.3) is 15.7 Å². The van der Waals surface area contributed by atoms with E-state index in [1.54, 1.807) is 12.1 Å². The number of anilines is 1. The first-order valence-electron chi connectivity index (χ1n) is 7.70. The molecule has 0 aliphatic heterocycles. The Morgan fingerprint density at radius 1 is 1.19 bits per heavy atom. The number of hydrogen-bond acceptors (Lipinski definition) is 7. The number of carbonyl (C=O) groups excluding carboxylic acids is 1. The fraction of sp³-hybridized carbons (Fsp3) is 0.235. The number of carbonyl (C=O) groups is 1. The number of sulfonamides is 1. The van der Waals surface area contributed by atoms with Crippen LogP contribution in [0.5, 0.6) is 5.75 Å². The summed E-state index contributed by atoms with van der Waals surface area (Å²) in [6, 6.07) is 9.74. The van der Waals surface area contributed by atoms with Crippen molar-refractivity contribution in [2.75, 3.05) is 25.1 Å². The maximum Gasteiger partial charge on any atom is 0.326 e. The second-order valence-corrected chi connectivity index (χ2v) is 7.30. The highest BCUT2D eigenvalue weighted by atomic mass is 32.2. The predicted octanol–water partition coefficient (Wildman–Crippen LogP) is 2.28. The maximum atomic E-state index is 13.3. The molecular weight excluding hydrogens is 376 g/mol. The standard InChI is InChI=1S/C17H18N2O7S/c1-12-8-9-13(19(21)22)10-16(12)27(23,24)18(11-17(20)26-3)14-6-4-5-7-15(14)25-2/h4-10H,11H2,1-3H3. The molecule has 2 aromatic rings. The van der Waals surface area contributed by atoms with E-state index in [2.05, 4.69) is 4.74 Å². The Kier molecular flexibility index (Phi) is 6.01. The van der Waals surface area contributed by atoms with Crippen molar-refractivity contribution in [1.29, 1.82) is 0 Å². The Labute approximate surface area is 156 Å². The van der Waals surface area contributed by atoms with Gasteiger partial charge in [-0.25, -0.2) is 8.42 Å². The Bertz CT molecular complexity index is 973. The molecular formula is C17H18N2O7S. The molecule has 0 fully saturated rings. The molecule has 10 heteroatoms. The molecule has 0 heterocycles. The van der Waals surface area contributed by atoms with Crippen LogP contribution < -0.4 is 9.04 Å². The molecule has 0 amide bonds. The van der Waals surface area contributed by atoms with E-state index in [4.69, 9.17) is 4.74 Å². The van der Waals surface area contributed by atoms with Gasteiger partial charge in [-0.05, 0) is 24.6 Å². The first-order chi connectivity index (χ1) is 12.7. The Hall–Kier alpha value is -3.14. The van der Waals surface area contributed by atoms with Crippen LogP contribution in [0.3, 0.4) is 0 Å². The number of nitro benzene ring substituents is 1. The summed E-state index contributed by atoms with van der Waals surface area (Å²) in [5.74, 6) is -0.583. The number of esters is 1. The molecule has 2 aromatic carbocycles. The van der Waals surface area contributed by atoms with E-state index in [0.717, 1.165) is 17.5 Å². The van der Waals surface area contributed by atoms with Crippen molar-refractivity contribution in [2.45, 2.75) is 11.8 Å². The van der Waals surface area contributed by atoms with Gasteiger partial charge in [-0.2, -0.15) is 0 Å². The van der Waals surface area contributed by atoms with Crippen molar-refractivity contribution in [3.05, 3.63) is 58.1 Å². The Morgan fingerprint density at radius 2 is 1.85 bits per heavy atom. The van der Waals surface area contributed by atoms with Gasteiger partial charge in [0, 0.05) is 12.1 Å². The van der Waals surface area contributed by atoms with Gasteiger partial charge in [0.05, 0.1) is 29.7 Å². The summed E-state index contributed by atoms with van der Waals surface area (Å²) in [5.41, 5.74) is 0.0267. The largest absolute Gasteiger partial charge is 0.495 e. The van der Waals surface area contributed by atoms with Crippen LogP contribution in [0.4, 0.5) is 11.4 Å². The highest BCUT2D eigenvalue weighted by Crippen LogP contribution is 2.34. The Morgan fingerprint density at radius 3 is 2.44 bits per heavy atom. The lowest BCUT2D eigenvalue weighted by atomic mass is 10.2. The van der Waals surface area contributed by atoms with Crippen LogP contribution in [0.2, 0.25) is 0 Å². The monoisotopic (exact) mass is 394 g/mol. The molecule has 0 spiro atoms. The molecule has 0 atom stereocenters. The molecule has 2 rings (SSSR count). The minimum absolute atomic E-state index is 0.108. The molecule has 0 N–H and O–H groups in total. The lowest BCUT2D eigenvalue weighted by molar-refractivity contribution is -0.385. The topological polar surface area (TPSA) is 116 Å². The van der Waals surface area contributed by atoms with Crippen molar-refractivity contribution in [2.24, 2.45) is 0 Å². The summed E-state index contributed by atoms with van der Waals surface area (Å²) in [4.78, 5) is 21.9. The summed E-state index contributed by atoms with van der Waals surface area (Å²) in [6.45, 7) is 0.885. The first kappa shape index (κ1) is 20.2. The SMILES string of the molecule is COC(=O)CN(c1ccccc1OC)S(=O)(=O)c1cc([N+](=O)[O-])ccc1C.